The van der Waals surface area contributed by atoms with Gasteiger partial charge in [0.25, 0.3) is 0 Å². The predicted octanol–water partition coefficient (Wildman–Crippen LogP) is 4.00. The first-order chi connectivity index (χ1) is 5.63. The van der Waals surface area contributed by atoms with Crippen molar-refractivity contribution in [3.05, 3.63) is 32.4 Å². The van der Waals surface area contributed by atoms with Gasteiger partial charge in [0, 0.05) is 3.57 Å². The van der Waals surface area contributed by atoms with Crippen LogP contribution >= 0.6 is 34.2 Å². The van der Waals surface area contributed by atoms with Gasteiger partial charge in [-0.3, -0.25) is 0 Å². The maximum absolute atomic E-state index is 6.04. The number of hydrogen-bond donors (Lipinski definition) is 0. The Bertz CT molecular complexity index is 316. The Balaban J connectivity index is 2.51. The normalized spacial score (nSPS) is 19.2. The van der Waals surface area contributed by atoms with Crippen LogP contribution in [0.1, 0.15) is 25.3 Å². The Hall–Kier alpha value is 0.240. The second kappa shape index (κ2) is 2.88. The van der Waals surface area contributed by atoms with Crippen molar-refractivity contribution in [2.24, 2.45) is 0 Å². The van der Waals surface area contributed by atoms with Crippen molar-refractivity contribution in [1.29, 1.82) is 0 Å². The van der Waals surface area contributed by atoms with Gasteiger partial charge in [-0.25, -0.2) is 0 Å². The average Bonchev–Trinajstić information content (AvgIpc) is 2.75. The lowest BCUT2D eigenvalue weighted by molar-refractivity contribution is 0.782. The molecule has 0 saturated heterocycles. The third-order valence-corrected chi connectivity index (χ3v) is 4.40. The van der Waals surface area contributed by atoms with Gasteiger partial charge in [-0.05, 0) is 52.5 Å². The molecule has 0 aromatic heterocycles. The first-order valence-electron chi connectivity index (χ1n) is 4.08. The molecule has 1 aromatic carbocycles. The molecule has 1 aromatic rings. The summed E-state index contributed by atoms with van der Waals surface area (Å²) in [5, 5.41) is 0.890. The number of benzene rings is 1. The summed E-state index contributed by atoms with van der Waals surface area (Å²) in [4.78, 5) is 0. The first kappa shape index (κ1) is 8.82. The molecular weight excluding hydrogens is 282 g/mol. The summed E-state index contributed by atoms with van der Waals surface area (Å²) >= 11 is 8.38. The third kappa shape index (κ3) is 1.37. The summed E-state index contributed by atoms with van der Waals surface area (Å²) in [5.41, 5.74) is 1.86. The fourth-order valence-electron chi connectivity index (χ4n) is 1.43. The monoisotopic (exact) mass is 292 g/mol. The van der Waals surface area contributed by atoms with Gasteiger partial charge in [0.1, 0.15) is 0 Å². The number of rotatable bonds is 1. The zero-order valence-electron chi connectivity index (χ0n) is 6.90. The van der Waals surface area contributed by atoms with E-state index in [0.717, 1.165) is 5.02 Å². The summed E-state index contributed by atoms with van der Waals surface area (Å²) in [6.07, 6.45) is 2.62. The first-order valence-corrected chi connectivity index (χ1v) is 5.54. The Kier molecular flexibility index (Phi) is 2.11. The summed E-state index contributed by atoms with van der Waals surface area (Å²) in [5.74, 6) is 0. The quantitative estimate of drug-likeness (QED) is 0.686. The molecule has 2 heteroatoms. The van der Waals surface area contributed by atoms with E-state index >= 15 is 0 Å². The van der Waals surface area contributed by atoms with Gasteiger partial charge >= 0.3 is 0 Å². The standard InChI is InChI=1S/C10H10ClI/c1-10(5-6-10)7-3-2-4-8(11)9(7)12/h2-4H,5-6H2,1H3. The molecule has 1 aliphatic rings. The maximum Gasteiger partial charge on any atom is 0.0542 e. The predicted molar refractivity (Wildman–Crippen MR) is 60.8 cm³/mol. The highest BCUT2D eigenvalue weighted by molar-refractivity contribution is 14.1. The van der Waals surface area contributed by atoms with E-state index in [1.54, 1.807) is 0 Å². The summed E-state index contributed by atoms with van der Waals surface area (Å²) < 4.78 is 1.23. The van der Waals surface area contributed by atoms with Crippen LogP contribution < -0.4 is 0 Å². The zero-order valence-corrected chi connectivity index (χ0v) is 9.82. The molecule has 0 radical (unpaired) electrons. The largest absolute Gasteiger partial charge is 0.0832 e. The molecule has 0 aliphatic heterocycles. The molecule has 1 saturated carbocycles. The lowest BCUT2D eigenvalue weighted by atomic mass is 9.99. The van der Waals surface area contributed by atoms with Gasteiger partial charge in [-0.1, -0.05) is 30.7 Å². The molecular formula is C10H10ClI. The van der Waals surface area contributed by atoms with Crippen LogP contribution in [0.3, 0.4) is 0 Å². The van der Waals surface area contributed by atoms with E-state index in [1.165, 1.54) is 22.0 Å². The molecule has 0 N–H and O–H groups in total. The summed E-state index contributed by atoms with van der Waals surface area (Å²) in [7, 11) is 0. The molecule has 0 bridgehead atoms. The minimum Gasteiger partial charge on any atom is -0.0832 e. The van der Waals surface area contributed by atoms with Crippen LogP contribution in [0.25, 0.3) is 0 Å². The number of hydrogen-bond acceptors (Lipinski definition) is 0. The van der Waals surface area contributed by atoms with Crippen LogP contribution in [0.2, 0.25) is 5.02 Å². The van der Waals surface area contributed by atoms with Crippen LogP contribution in [0.5, 0.6) is 0 Å². The van der Waals surface area contributed by atoms with Crippen LogP contribution in [0.4, 0.5) is 0 Å². The minimum absolute atomic E-state index is 0.432. The molecule has 0 spiro atoms. The number of halogens is 2. The van der Waals surface area contributed by atoms with Gasteiger partial charge in [0.15, 0.2) is 0 Å². The van der Waals surface area contributed by atoms with E-state index in [1.807, 2.05) is 12.1 Å². The second-order valence-electron chi connectivity index (χ2n) is 3.66. The van der Waals surface area contributed by atoms with E-state index < -0.39 is 0 Å². The fraction of sp³-hybridized carbons (Fsp3) is 0.400. The van der Waals surface area contributed by atoms with E-state index in [4.69, 9.17) is 11.6 Å². The van der Waals surface area contributed by atoms with E-state index in [0.29, 0.717) is 5.41 Å². The average molecular weight is 293 g/mol. The highest BCUT2D eigenvalue weighted by Gasteiger charge is 2.40. The molecule has 0 amide bonds. The Morgan fingerprint density at radius 1 is 1.42 bits per heavy atom. The summed E-state index contributed by atoms with van der Waals surface area (Å²) in [6, 6.07) is 6.20. The minimum atomic E-state index is 0.432. The molecule has 0 heterocycles. The zero-order chi connectivity index (χ0) is 8.77. The Morgan fingerprint density at radius 2 is 2.08 bits per heavy atom. The fourth-order valence-corrected chi connectivity index (χ4v) is 2.61. The van der Waals surface area contributed by atoms with Gasteiger partial charge in [0.2, 0.25) is 0 Å². The van der Waals surface area contributed by atoms with Crippen LogP contribution in [-0.2, 0) is 5.41 Å². The molecule has 0 unspecified atom stereocenters. The van der Waals surface area contributed by atoms with Gasteiger partial charge in [-0.15, -0.1) is 0 Å². The topological polar surface area (TPSA) is 0 Å². The van der Waals surface area contributed by atoms with Crippen molar-refractivity contribution >= 4 is 34.2 Å². The van der Waals surface area contributed by atoms with Gasteiger partial charge in [-0.2, -0.15) is 0 Å². The highest BCUT2D eigenvalue weighted by atomic mass is 127. The maximum atomic E-state index is 6.04. The lowest BCUT2D eigenvalue weighted by Gasteiger charge is -2.11. The highest BCUT2D eigenvalue weighted by Crippen LogP contribution is 2.49. The third-order valence-electron chi connectivity index (χ3n) is 2.60. The van der Waals surface area contributed by atoms with E-state index in [9.17, 15) is 0 Å². The summed E-state index contributed by atoms with van der Waals surface area (Å²) in [6.45, 7) is 2.31. The van der Waals surface area contributed by atoms with Crippen molar-refractivity contribution in [1.82, 2.24) is 0 Å². The van der Waals surface area contributed by atoms with E-state index in [-0.39, 0.29) is 0 Å². The molecule has 2 rings (SSSR count). The van der Waals surface area contributed by atoms with Crippen LogP contribution in [-0.4, -0.2) is 0 Å². The van der Waals surface area contributed by atoms with Gasteiger partial charge in [0.05, 0.1) is 5.02 Å². The molecule has 0 atom stereocenters. The second-order valence-corrected chi connectivity index (χ2v) is 5.15. The van der Waals surface area contributed by atoms with Crippen LogP contribution in [0, 0.1) is 3.57 Å². The van der Waals surface area contributed by atoms with Crippen molar-refractivity contribution < 1.29 is 0 Å². The Morgan fingerprint density at radius 3 is 2.67 bits per heavy atom. The Labute approximate surface area is 91.5 Å². The van der Waals surface area contributed by atoms with E-state index in [2.05, 4.69) is 35.6 Å². The lowest BCUT2D eigenvalue weighted by Crippen LogP contribution is -2.02. The van der Waals surface area contributed by atoms with Gasteiger partial charge < -0.3 is 0 Å². The molecule has 1 fully saturated rings. The smallest absolute Gasteiger partial charge is 0.0542 e. The molecule has 0 nitrogen and oxygen atoms in total. The SMILES string of the molecule is CC1(c2cccc(Cl)c2I)CC1. The van der Waals surface area contributed by atoms with Crippen molar-refractivity contribution in [2.75, 3.05) is 0 Å². The van der Waals surface area contributed by atoms with Crippen molar-refractivity contribution in [2.45, 2.75) is 25.2 Å². The molecule has 1 aliphatic carbocycles. The molecule has 64 valence electrons. The van der Waals surface area contributed by atoms with Crippen LogP contribution in [0.15, 0.2) is 18.2 Å². The van der Waals surface area contributed by atoms with Crippen molar-refractivity contribution in [3.63, 3.8) is 0 Å². The van der Waals surface area contributed by atoms with Crippen molar-refractivity contribution in [3.8, 4) is 0 Å². The molecule has 12 heavy (non-hydrogen) atoms.